The van der Waals surface area contributed by atoms with Crippen LogP contribution in [0.15, 0.2) is 22.6 Å². The van der Waals surface area contributed by atoms with Crippen LogP contribution in [0.1, 0.15) is 40.0 Å². The van der Waals surface area contributed by atoms with Crippen molar-refractivity contribution in [3.8, 4) is 6.07 Å². The molecule has 0 bridgehead atoms. The second-order valence-electron chi connectivity index (χ2n) is 3.40. The van der Waals surface area contributed by atoms with Crippen LogP contribution in [-0.4, -0.2) is 11.2 Å². The Hall–Kier alpha value is -1.25. The average Bonchev–Trinajstić information content (AvgIpc) is 2.14. The van der Waals surface area contributed by atoms with Gasteiger partial charge in [-0.25, -0.2) is 0 Å². The van der Waals surface area contributed by atoms with E-state index < -0.39 is 6.10 Å². The monoisotopic (exact) mass is 191 g/mol. The van der Waals surface area contributed by atoms with Crippen LogP contribution in [-0.2, 0) is 0 Å². The molecule has 0 amide bonds. The van der Waals surface area contributed by atoms with Gasteiger partial charge in [-0.1, -0.05) is 11.5 Å². The molecule has 14 heavy (non-hydrogen) atoms. The minimum Gasteiger partial charge on any atom is -0.388 e. The van der Waals surface area contributed by atoms with Gasteiger partial charge in [-0.3, -0.25) is 0 Å². The molecule has 0 aromatic heterocycles. The maximum Gasteiger partial charge on any atom is 0.0799 e. The van der Waals surface area contributed by atoms with Gasteiger partial charge in [0.2, 0.25) is 0 Å². The third kappa shape index (κ3) is 6.29. The van der Waals surface area contributed by atoms with Crippen molar-refractivity contribution in [3.05, 3.63) is 22.6 Å². The zero-order chi connectivity index (χ0) is 11.0. The van der Waals surface area contributed by atoms with Crippen LogP contribution >= 0.6 is 0 Å². The maximum absolute atomic E-state index is 9.16. The van der Waals surface area contributed by atoms with Crippen molar-refractivity contribution >= 4 is 0 Å². The Morgan fingerprint density at radius 1 is 1.36 bits per heavy atom. The van der Waals surface area contributed by atoms with Gasteiger partial charge in [-0.05, 0) is 39.2 Å². The first-order valence-corrected chi connectivity index (χ1v) is 4.80. The van der Waals surface area contributed by atoms with E-state index in [1.54, 1.807) is 6.92 Å². The Morgan fingerprint density at radius 3 is 2.50 bits per heavy atom. The second kappa shape index (κ2) is 7.18. The number of rotatable bonds is 4. The molecule has 0 aliphatic rings. The van der Waals surface area contributed by atoms with Gasteiger partial charge < -0.3 is 5.11 Å². The predicted octanol–water partition coefficient (Wildman–Crippen LogP) is 2.71. The van der Waals surface area contributed by atoms with Crippen LogP contribution in [0.25, 0.3) is 0 Å². The smallest absolute Gasteiger partial charge is 0.0799 e. The van der Waals surface area contributed by atoms with Crippen LogP contribution < -0.4 is 0 Å². The van der Waals surface area contributed by atoms with E-state index >= 15 is 0 Å². The van der Waals surface area contributed by atoms with Crippen molar-refractivity contribution in [2.24, 2.45) is 0 Å². The highest BCUT2D eigenvalue weighted by Crippen LogP contribution is 2.04. The Kier molecular flexibility index (Phi) is 6.54. The third-order valence-electron chi connectivity index (χ3n) is 1.94. The molecule has 0 aromatic rings. The lowest BCUT2D eigenvalue weighted by Gasteiger charge is -1.97. The van der Waals surface area contributed by atoms with Gasteiger partial charge in [0.05, 0.1) is 12.2 Å². The van der Waals surface area contributed by atoms with E-state index in [0.29, 0.717) is 6.42 Å². The number of hydrogen-bond acceptors (Lipinski definition) is 2. The van der Waals surface area contributed by atoms with Gasteiger partial charge in [-0.2, -0.15) is 5.26 Å². The van der Waals surface area contributed by atoms with E-state index in [-0.39, 0.29) is 0 Å². The molecule has 0 saturated heterocycles. The minimum absolute atomic E-state index is 0.464. The summed E-state index contributed by atoms with van der Waals surface area (Å²) in [5.41, 5.74) is 7.74. The first kappa shape index (κ1) is 12.8. The predicted molar refractivity (Wildman–Crippen MR) is 56.5 cm³/mol. The quantitative estimate of drug-likeness (QED) is 0.548. The van der Waals surface area contributed by atoms with Crippen molar-refractivity contribution in [1.29, 1.82) is 5.26 Å². The zero-order valence-electron chi connectivity index (χ0n) is 9.09. The van der Waals surface area contributed by atoms with Crippen LogP contribution in [0.5, 0.6) is 0 Å². The fraction of sp³-hybridized carbons (Fsp3) is 0.583. The molecule has 1 N–H and O–H groups in total. The molecule has 76 valence electrons. The average molecular weight is 191 g/mol. The molecule has 0 spiro atoms. The molecular weight excluding hydrogens is 174 g/mol. The summed E-state index contributed by atoms with van der Waals surface area (Å²) in [6, 6.07) is 2.10. The Balaban J connectivity index is 4.36. The van der Waals surface area contributed by atoms with Gasteiger partial charge >= 0.3 is 0 Å². The number of nitrogens with zero attached hydrogens (tertiary/aromatic N) is 1. The Morgan fingerprint density at radius 2 is 2.00 bits per heavy atom. The zero-order valence-corrected chi connectivity index (χ0v) is 9.09. The molecule has 0 aliphatic heterocycles. The van der Waals surface area contributed by atoms with Crippen molar-refractivity contribution in [2.75, 3.05) is 0 Å². The highest BCUT2D eigenvalue weighted by molar-refractivity contribution is 5.06. The van der Waals surface area contributed by atoms with Crippen molar-refractivity contribution in [3.63, 3.8) is 0 Å². The topological polar surface area (TPSA) is 44.0 Å². The minimum atomic E-state index is -0.464. The lowest BCUT2D eigenvalue weighted by Crippen LogP contribution is -1.98. The molecule has 0 saturated carbocycles. The molecule has 2 nitrogen and oxygen atoms in total. The van der Waals surface area contributed by atoms with Crippen LogP contribution in [0.3, 0.4) is 0 Å². The largest absolute Gasteiger partial charge is 0.388 e. The third-order valence-corrected chi connectivity index (χ3v) is 1.94. The molecule has 0 fully saturated rings. The molecule has 0 heterocycles. The van der Waals surface area contributed by atoms with Crippen LogP contribution in [0.4, 0.5) is 0 Å². The summed E-state index contributed by atoms with van der Waals surface area (Å²) in [6.45, 7) is 5.48. The van der Waals surface area contributed by atoms with Crippen molar-refractivity contribution in [1.82, 2.24) is 0 Å². The first-order chi connectivity index (χ1) is 6.57. The molecule has 1 atom stereocenters. The Bertz CT molecular complexity index is 308. The fourth-order valence-electron chi connectivity index (χ4n) is 0.805. The maximum atomic E-state index is 9.16. The SMILES string of the molecule is CC(=C=C=C(C)C(C)O)CCCC#N. The summed E-state index contributed by atoms with van der Waals surface area (Å²) < 4.78 is 0. The summed E-state index contributed by atoms with van der Waals surface area (Å²) >= 11 is 0. The van der Waals surface area contributed by atoms with E-state index in [4.69, 9.17) is 10.4 Å². The summed E-state index contributed by atoms with van der Waals surface area (Å²) in [4.78, 5) is 0. The van der Waals surface area contributed by atoms with Gasteiger partial charge in [-0.15, -0.1) is 0 Å². The van der Waals surface area contributed by atoms with Crippen molar-refractivity contribution in [2.45, 2.75) is 46.1 Å². The highest BCUT2D eigenvalue weighted by Gasteiger charge is 1.94. The molecule has 0 aliphatic carbocycles. The molecule has 0 radical (unpaired) electrons. The Labute approximate surface area is 85.9 Å². The normalized spacial score (nSPS) is 10.8. The number of hydrogen-bond donors (Lipinski definition) is 1. The lowest BCUT2D eigenvalue weighted by atomic mass is 10.1. The molecule has 1 unspecified atom stereocenters. The molecule has 2 heteroatoms. The van der Waals surface area contributed by atoms with E-state index in [0.717, 1.165) is 24.0 Å². The van der Waals surface area contributed by atoms with E-state index in [1.807, 2.05) is 13.8 Å². The first-order valence-electron chi connectivity index (χ1n) is 4.80. The summed E-state index contributed by atoms with van der Waals surface area (Å²) in [6.07, 6.45) is 1.85. The van der Waals surface area contributed by atoms with Crippen LogP contribution in [0.2, 0.25) is 0 Å². The van der Waals surface area contributed by atoms with E-state index in [9.17, 15) is 0 Å². The molecule has 0 rings (SSSR count). The number of aliphatic hydroxyl groups excluding tert-OH is 1. The number of aliphatic hydroxyl groups is 1. The summed E-state index contributed by atoms with van der Waals surface area (Å²) in [5.74, 6) is 0. The van der Waals surface area contributed by atoms with Crippen LogP contribution in [0, 0.1) is 11.3 Å². The highest BCUT2D eigenvalue weighted by atomic mass is 16.3. The van der Waals surface area contributed by atoms with Crippen molar-refractivity contribution < 1.29 is 5.11 Å². The van der Waals surface area contributed by atoms with Gasteiger partial charge in [0, 0.05) is 12.0 Å². The summed E-state index contributed by atoms with van der Waals surface area (Å²) in [7, 11) is 0. The summed E-state index contributed by atoms with van der Waals surface area (Å²) in [5, 5.41) is 17.5. The molecule has 0 aromatic carbocycles. The molecular formula is C12H17NO. The van der Waals surface area contributed by atoms with Gasteiger partial charge in [0.15, 0.2) is 0 Å². The van der Waals surface area contributed by atoms with E-state index in [1.165, 1.54) is 0 Å². The second-order valence-corrected chi connectivity index (χ2v) is 3.40. The number of allylic oxidation sites excluding steroid dienone is 1. The number of unbranched alkanes of at least 4 members (excludes halogenated alkanes) is 1. The van der Waals surface area contributed by atoms with Gasteiger partial charge in [0.25, 0.3) is 0 Å². The van der Waals surface area contributed by atoms with Gasteiger partial charge in [0.1, 0.15) is 0 Å². The lowest BCUT2D eigenvalue weighted by molar-refractivity contribution is 0.232. The standard InChI is InChI=1S/C12H17NO/c1-10(6-4-5-9-13)7-8-11(2)12(3)14/h12,14H,4-6H2,1-3H3. The number of nitriles is 1. The fourth-order valence-corrected chi connectivity index (χ4v) is 0.805. The van der Waals surface area contributed by atoms with E-state index in [2.05, 4.69) is 17.5 Å².